The Morgan fingerprint density at radius 2 is 2.19 bits per heavy atom. The lowest BCUT2D eigenvalue weighted by Crippen LogP contribution is -2.38. The highest BCUT2D eigenvalue weighted by Gasteiger charge is 2.25. The first-order valence-corrected chi connectivity index (χ1v) is 11.8. The Bertz CT molecular complexity index is 1120. The van der Waals surface area contributed by atoms with E-state index in [0.717, 1.165) is 51.1 Å². The number of nitrogens with two attached hydrogens (primary N) is 1. The topological polar surface area (TPSA) is 96.2 Å². The molecule has 1 amide bonds. The summed E-state index contributed by atoms with van der Waals surface area (Å²) in [4.78, 5) is 25.4. The number of nitrogen functional groups attached to an aromatic ring is 1. The van der Waals surface area contributed by atoms with E-state index in [1.54, 1.807) is 6.20 Å². The molecule has 1 saturated heterocycles. The number of hydrogen-bond acceptors (Lipinski definition) is 7. The van der Waals surface area contributed by atoms with E-state index in [1.807, 2.05) is 6.92 Å². The van der Waals surface area contributed by atoms with Crippen LogP contribution in [-0.2, 0) is 12.8 Å². The number of amides is 1. The molecule has 4 N–H and O–H groups in total. The average Bonchev–Trinajstić information content (AvgIpc) is 2.94. The average molecular weight is 437 g/mol. The lowest BCUT2D eigenvalue weighted by molar-refractivity contribution is 0.0938. The first-order valence-electron chi connectivity index (χ1n) is 11.0. The second-order valence-corrected chi connectivity index (χ2v) is 9.47. The number of nitrogens with zero attached hydrogens (tertiary/aromatic N) is 3. The largest absolute Gasteiger partial charge is 0.396 e. The summed E-state index contributed by atoms with van der Waals surface area (Å²) in [7, 11) is 0. The van der Waals surface area contributed by atoms with Crippen LogP contribution in [0.4, 0.5) is 11.4 Å². The molecule has 1 aliphatic heterocycles. The predicted molar refractivity (Wildman–Crippen MR) is 126 cm³/mol. The zero-order valence-electron chi connectivity index (χ0n) is 17.8. The maximum absolute atomic E-state index is 12.9. The van der Waals surface area contributed by atoms with Crippen LogP contribution >= 0.6 is 11.3 Å². The summed E-state index contributed by atoms with van der Waals surface area (Å²) in [6, 6.07) is 6.94. The maximum atomic E-state index is 12.9. The van der Waals surface area contributed by atoms with Gasteiger partial charge in [-0.25, -0.2) is 9.97 Å². The van der Waals surface area contributed by atoms with E-state index in [1.165, 1.54) is 34.6 Å². The van der Waals surface area contributed by atoms with Gasteiger partial charge in [0.2, 0.25) is 0 Å². The number of benzene rings is 1. The molecule has 0 unspecified atom stereocenters. The minimum atomic E-state index is -0.123. The normalized spacial score (nSPS) is 19.1. The van der Waals surface area contributed by atoms with Crippen LogP contribution in [0.3, 0.4) is 0 Å². The van der Waals surface area contributed by atoms with Crippen LogP contribution in [0.1, 0.15) is 39.3 Å². The van der Waals surface area contributed by atoms with Crippen molar-refractivity contribution in [1.29, 1.82) is 0 Å². The maximum Gasteiger partial charge on any atom is 0.263 e. The van der Waals surface area contributed by atoms with Crippen LogP contribution in [0, 0.1) is 6.92 Å². The Morgan fingerprint density at radius 1 is 1.29 bits per heavy atom. The van der Waals surface area contributed by atoms with Gasteiger partial charge in [0.1, 0.15) is 15.2 Å². The summed E-state index contributed by atoms with van der Waals surface area (Å²) in [5.41, 5.74) is 12.1. The number of thiophene rings is 1. The third-order valence-electron chi connectivity index (χ3n) is 6.22. The van der Waals surface area contributed by atoms with Crippen LogP contribution in [-0.4, -0.2) is 48.1 Å². The summed E-state index contributed by atoms with van der Waals surface area (Å²) < 4.78 is 0. The highest BCUT2D eigenvalue weighted by atomic mass is 32.1. The molecule has 3 heterocycles. The number of carbonyl (C=O) groups is 1. The number of nitrogens with one attached hydrogen (secondary N) is 2. The molecule has 1 fully saturated rings. The van der Waals surface area contributed by atoms with Gasteiger partial charge in [0.25, 0.3) is 5.91 Å². The molecule has 1 atom stereocenters. The highest BCUT2D eigenvalue weighted by Crippen LogP contribution is 2.32. The number of carbonyl (C=O) groups excluding carboxylic acids is 1. The molecule has 2 aliphatic rings. The monoisotopic (exact) mass is 436 g/mol. The minimum Gasteiger partial charge on any atom is -0.396 e. The molecule has 3 aromatic rings. The molecule has 162 valence electrons. The van der Waals surface area contributed by atoms with E-state index in [4.69, 9.17) is 5.73 Å². The number of aromatic nitrogens is 2. The molecule has 0 radical (unpaired) electrons. The van der Waals surface area contributed by atoms with Gasteiger partial charge in [-0.15, -0.1) is 11.3 Å². The molecular formula is C23H28N6OS. The summed E-state index contributed by atoms with van der Waals surface area (Å²) in [6.45, 7) is 6.17. The molecular weight excluding hydrogens is 408 g/mol. The second-order valence-electron chi connectivity index (χ2n) is 8.47. The van der Waals surface area contributed by atoms with E-state index < -0.39 is 0 Å². The fourth-order valence-electron chi connectivity index (χ4n) is 4.56. The van der Waals surface area contributed by atoms with Gasteiger partial charge in [0, 0.05) is 37.6 Å². The van der Waals surface area contributed by atoms with Crippen LogP contribution in [0.2, 0.25) is 0 Å². The molecule has 0 saturated carbocycles. The number of hydrogen-bond donors (Lipinski definition) is 3. The van der Waals surface area contributed by atoms with E-state index in [-0.39, 0.29) is 11.9 Å². The van der Waals surface area contributed by atoms with Crippen molar-refractivity contribution < 1.29 is 4.79 Å². The Morgan fingerprint density at radius 3 is 3.10 bits per heavy atom. The lowest BCUT2D eigenvalue weighted by atomic mass is 9.87. The summed E-state index contributed by atoms with van der Waals surface area (Å²) in [5.74, 6) is -0.123. The van der Waals surface area contributed by atoms with Crippen molar-refractivity contribution in [2.24, 2.45) is 0 Å². The fourth-order valence-corrected chi connectivity index (χ4v) is 5.56. The van der Waals surface area contributed by atoms with Crippen molar-refractivity contribution in [3.8, 4) is 0 Å². The van der Waals surface area contributed by atoms with Crippen molar-refractivity contribution in [2.45, 2.75) is 38.6 Å². The Balaban J connectivity index is 1.29. The predicted octanol–water partition coefficient (Wildman–Crippen LogP) is 2.67. The number of aryl methyl sites for hydroxylation is 2. The van der Waals surface area contributed by atoms with Gasteiger partial charge in [-0.1, -0.05) is 6.07 Å². The number of anilines is 2. The van der Waals surface area contributed by atoms with Gasteiger partial charge < -0.3 is 21.3 Å². The fraction of sp³-hybridized carbons (Fsp3) is 0.435. The minimum absolute atomic E-state index is 0.112. The van der Waals surface area contributed by atoms with Gasteiger partial charge in [-0.05, 0) is 62.4 Å². The Kier molecular flexibility index (Phi) is 5.50. The molecule has 31 heavy (non-hydrogen) atoms. The smallest absolute Gasteiger partial charge is 0.263 e. The molecule has 0 bridgehead atoms. The molecule has 1 aromatic carbocycles. The van der Waals surface area contributed by atoms with E-state index in [0.29, 0.717) is 20.9 Å². The van der Waals surface area contributed by atoms with Crippen molar-refractivity contribution in [2.75, 3.05) is 36.8 Å². The molecule has 0 spiro atoms. The standard InChI is InChI=1S/C23H28N6OS/c1-14-13-26-20-19(24)21(31-23(20)27-14)22(30)28-17-5-3-16-12-18(6-4-15(16)11-17)29-9-2-7-25-8-10-29/h4,6,12-13,17,25H,2-3,5,7-11,24H2,1H3,(H,28,30)/t17-/m1/s1. The Hall–Kier alpha value is -2.71. The van der Waals surface area contributed by atoms with Crippen molar-refractivity contribution >= 4 is 39.0 Å². The molecule has 7 nitrogen and oxygen atoms in total. The summed E-state index contributed by atoms with van der Waals surface area (Å²) >= 11 is 1.32. The SMILES string of the molecule is Cc1cnc2c(N)c(C(=O)N[C@@H]3CCc4cc(N5CCCNCC5)ccc4C3)sc2n1. The highest BCUT2D eigenvalue weighted by molar-refractivity contribution is 7.21. The molecule has 8 heteroatoms. The molecule has 2 aromatic heterocycles. The van der Waals surface area contributed by atoms with Crippen molar-refractivity contribution in [3.63, 3.8) is 0 Å². The van der Waals surface area contributed by atoms with E-state index >= 15 is 0 Å². The first kappa shape index (κ1) is 20.2. The zero-order chi connectivity index (χ0) is 21.4. The van der Waals surface area contributed by atoms with E-state index in [2.05, 4.69) is 43.7 Å². The van der Waals surface area contributed by atoms with Gasteiger partial charge in [-0.2, -0.15) is 0 Å². The van der Waals surface area contributed by atoms with Crippen molar-refractivity contribution in [1.82, 2.24) is 20.6 Å². The van der Waals surface area contributed by atoms with Crippen LogP contribution < -0.4 is 21.3 Å². The zero-order valence-corrected chi connectivity index (χ0v) is 18.6. The van der Waals surface area contributed by atoms with Crippen LogP contribution in [0.5, 0.6) is 0 Å². The first-order chi connectivity index (χ1) is 15.1. The molecule has 5 rings (SSSR count). The molecule has 1 aliphatic carbocycles. The van der Waals surface area contributed by atoms with Gasteiger partial charge in [0.15, 0.2) is 0 Å². The van der Waals surface area contributed by atoms with E-state index in [9.17, 15) is 4.79 Å². The number of fused-ring (bicyclic) bond motifs is 2. The number of rotatable bonds is 3. The third-order valence-corrected chi connectivity index (χ3v) is 7.31. The lowest BCUT2D eigenvalue weighted by Gasteiger charge is -2.28. The van der Waals surface area contributed by atoms with Gasteiger partial charge in [-0.3, -0.25) is 4.79 Å². The second kappa shape index (κ2) is 8.43. The van der Waals surface area contributed by atoms with Crippen LogP contribution in [0.15, 0.2) is 24.4 Å². The van der Waals surface area contributed by atoms with Gasteiger partial charge >= 0.3 is 0 Å². The third kappa shape index (κ3) is 4.09. The van der Waals surface area contributed by atoms with Gasteiger partial charge in [0.05, 0.1) is 11.4 Å². The van der Waals surface area contributed by atoms with Crippen LogP contribution in [0.25, 0.3) is 10.3 Å². The summed E-state index contributed by atoms with van der Waals surface area (Å²) in [5, 5.41) is 6.66. The quantitative estimate of drug-likeness (QED) is 0.584. The van der Waals surface area contributed by atoms with Crippen molar-refractivity contribution in [3.05, 3.63) is 46.1 Å². The summed E-state index contributed by atoms with van der Waals surface area (Å²) in [6.07, 6.45) is 5.62. The Labute approximate surface area is 186 Å².